The fraction of sp³-hybridized carbons (Fsp3) is 0.308. The van der Waals surface area contributed by atoms with Crippen molar-refractivity contribution in [3.05, 3.63) is 34.4 Å². The van der Waals surface area contributed by atoms with Crippen molar-refractivity contribution in [2.45, 2.75) is 13.3 Å². The second kappa shape index (κ2) is 5.47. The first-order valence-corrected chi connectivity index (χ1v) is 6.42. The van der Waals surface area contributed by atoms with Crippen LogP contribution in [-0.4, -0.2) is 23.2 Å². The summed E-state index contributed by atoms with van der Waals surface area (Å²) in [6.45, 7) is 2.95. The van der Waals surface area contributed by atoms with E-state index in [1.807, 2.05) is 31.2 Å². The van der Waals surface area contributed by atoms with Crippen molar-refractivity contribution in [1.82, 2.24) is 4.98 Å². The van der Waals surface area contributed by atoms with Crippen molar-refractivity contribution in [3.63, 3.8) is 0 Å². The first-order valence-electron chi connectivity index (χ1n) is 5.63. The summed E-state index contributed by atoms with van der Waals surface area (Å²) in [5.41, 5.74) is 3.03. The lowest BCUT2D eigenvalue weighted by Crippen LogP contribution is -2.04. The number of benzene rings is 1. The van der Waals surface area contributed by atoms with Crippen LogP contribution < -0.4 is 5.32 Å². The van der Waals surface area contributed by atoms with E-state index in [2.05, 4.69) is 26.2 Å². The molecule has 0 aliphatic rings. The Hall–Kier alpha value is -1.13. The molecule has 90 valence electrons. The Morgan fingerprint density at radius 3 is 3.00 bits per heavy atom. The summed E-state index contributed by atoms with van der Waals surface area (Å²) in [6.07, 6.45) is 0.747. The van der Waals surface area contributed by atoms with E-state index >= 15 is 0 Å². The average Bonchev–Trinajstić information content (AvgIpc) is 2.31. The van der Waals surface area contributed by atoms with Crippen molar-refractivity contribution in [3.8, 4) is 0 Å². The van der Waals surface area contributed by atoms with Crippen LogP contribution in [-0.2, 0) is 0 Å². The lowest BCUT2D eigenvalue weighted by atomic mass is 10.1. The molecule has 0 fully saturated rings. The average molecular weight is 295 g/mol. The minimum atomic E-state index is 0.207. The van der Waals surface area contributed by atoms with E-state index in [0.717, 1.165) is 39.7 Å². The van der Waals surface area contributed by atoms with Crippen LogP contribution in [0.3, 0.4) is 0 Å². The molecular weight excluding hydrogens is 280 g/mol. The summed E-state index contributed by atoms with van der Waals surface area (Å²) in [4.78, 5) is 4.53. The summed E-state index contributed by atoms with van der Waals surface area (Å²) in [5, 5.41) is 13.2. The Bertz CT molecular complexity index is 528. The van der Waals surface area contributed by atoms with Crippen LogP contribution in [0.15, 0.2) is 28.7 Å². The highest BCUT2D eigenvalue weighted by atomic mass is 79.9. The third kappa shape index (κ3) is 2.76. The van der Waals surface area contributed by atoms with E-state index < -0.39 is 0 Å². The van der Waals surface area contributed by atoms with Crippen LogP contribution >= 0.6 is 15.9 Å². The number of aromatic nitrogens is 1. The number of hydrogen-bond donors (Lipinski definition) is 2. The van der Waals surface area contributed by atoms with E-state index in [9.17, 15) is 0 Å². The molecule has 0 saturated heterocycles. The maximum absolute atomic E-state index is 8.80. The number of aryl methyl sites for hydroxylation is 1. The molecule has 1 aromatic carbocycles. The molecule has 0 aliphatic carbocycles. The molecule has 17 heavy (non-hydrogen) atoms. The Labute approximate surface area is 109 Å². The quantitative estimate of drug-likeness (QED) is 0.852. The van der Waals surface area contributed by atoms with Gasteiger partial charge in [-0.25, -0.2) is 0 Å². The number of aliphatic hydroxyl groups excluding tert-OH is 1. The number of nitrogens with zero attached hydrogens (tertiary/aromatic N) is 1. The SMILES string of the molecule is Cc1cc(NCCCO)c2cccc(Br)c2n1. The van der Waals surface area contributed by atoms with Crippen LogP contribution in [0.4, 0.5) is 5.69 Å². The fourth-order valence-electron chi connectivity index (χ4n) is 1.79. The van der Waals surface area contributed by atoms with Crippen molar-refractivity contribution >= 4 is 32.5 Å². The molecule has 0 unspecified atom stereocenters. The molecule has 0 amide bonds. The maximum atomic E-state index is 8.80. The molecule has 0 saturated carbocycles. The van der Waals surface area contributed by atoms with Gasteiger partial charge in [-0.05, 0) is 41.4 Å². The van der Waals surface area contributed by atoms with Gasteiger partial charge in [-0.2, -0.15) is 0 Å². The zero-order chi connectivity index (χ0) is 12.3. The van der Waals surface area contributed by atoms with Crippen molar-refractivity contribution < 1.29 is 5.11 Å². The number of pyridine rings is 1. The van der Waals surface area contributed by atoms with Gasteiger partial charge in [0, 0.05) is 34.4 Å². The number of rotatable bonds is 4. The molecule has 2 N–H and O–H groups in total. The van der Waals surface area contributed by atoms with E-state index in [4.69, 9.17) is 5.11 Å². The topological polar surface area (TPSA) is 45.1 Å². The fourth-order valence-corrected chi connectivity index (χ4v) is 2.24. The van der Waals surface area contributed by atoms with Gasteiger partial charge in [-0.15, -0.1) is 0 Å². The zero-order valence-corrected chi connectivity index (χ0v) is 11.3. The predicted octanol–water partition coefficient (Wildman–Crippen LogP) is 3.10. The van der Waals surface area contributed by atoms with E-state index in [1.54, 1.807) is 0 Å². The molecule has 1 heterocycles. The lowest BCUT2D eigenvalue weighted by Gasteiger charge is -2.11. The van der Waals surface area contributed by atoms with Gasteiger partial charge in [-0.1, -0.05) is 12.1 Å². The Kier molecular flexibility index (Phi) is 3.97. The predicted molar refractivity (Wildman–Crippen MR) is 74.4 cm³/mol. The highest BCUT2D eigenvalue weighted by molar-refractivity contribution is 9.10. The number of halogens is 1. The minimum Gasteiger partial charge on any atom is -0.396 e. The van der Waals surface area contributed by atoms with Gasteiger partial charge in [0.2, 0.25) is 0 Å². The smallest absolute Gasteiger partial charge is 0.0867 e. The second-order valence-electron chi connectivity index (χ2n) is 3.95. The number of nitrogens with one attached hydrogen (secondary N) is 1. The Morgan fingerprint density at radius 2 is 2.24 bits per heavy atom. The van der Waals surface area contributed by atoms with Crippen LogP contribution in [0.25, 0.3) is 10.9 Å². The molecule has 2 rings (SSSR count). The molecule has 0 atom stereocenters. The molecule has 2 aromatic rings. The standard InChI is InChI=1S/C13H15BrN2O/c1-9-8-12(15-6-3-7-17)10-4-2-5-11(14)13(10)16-9/h2,4-5,8,17H,3,6-7H2,1H3,(H,15,16). The van der Waals surface area contributed by atoms with Crippen LogP contribution in [0.5, 0.6) is 0 Å². The highest BCUT2D eigenvalue weighted by Crippen LogP contribution is 2.28. The minimum absolute atomic E-state index is 0.207. The van der Waals surface area contributed by atoms with Gasteiger partial charge in [0.05, 0.1) is 5.52 Å². The largest absolute Gasteiger partial charge is 0.396 e. The summed E-state index contributed by atoms with van der Waals surface area (Å²) >= 11 is 3.52. The molecule has 0 aliphatic heterocycles. The third-order valence-corrected chi connectivity index (χ3v) is 3.21. The molecule has 4 heteroatoms. The maximum Gasteiger partial charge on any atom is 0.0867 e. The third-order valence-electron chi connectivity index (χ3n) is 2.57. The number of anilines is 1. The highest BCUT2D eigenvalue weighted by Gasteiger charge is 2.05. The molecule has 0 radical (unpaired) electrons. The van der Waals surface area contributed by atoms with E-state index in [-0.39, 0.29) is 6.61 Å². The van der Waals surface area contributed by atoms with Crippen LogP contribution in [0.1, 0.15) is 12.1 Å². The van der Waals surface area contributed by atoms with Crippen molar-refractivity contribution in [1.29, 1.82) is 0 Å². The van der Waals surface area contributed by atoms with Crippen molar-refractivity contribution in [2.24, 2.45) is 0 Å². The van der Waals surface area contributed by atoms with E-state index in [1.165, 1.54) is 0 Å². The lowest BCUT2D eigenvalue weighted by molar-refractivity contribution is 0.292. The zero-order valence-electron chi connectivity index (χ0n) is 9.70. The molecule has 0 bridgehead atoms. The number of aliphatic hydroxyl groups is 1. The summed E-state index contributed by atoms with van der Waals surface area (Å²) in [5.74, 6) is 0. The van der Waals surface area contributed by atoms with Gasteiger partial charge in [0.1, 0.15) is 0 Å². The monoisotopic (exact) mass is 294 g/mol. The van der Waals surface area contributed by atoms with Gasteiger partial charge in [0.25, 0.3) is 0 Å². The Morgan fingerprint density at radius 1 is 1.41 bits per heavy atom. The Balaban J connectivity index is 2.43. The summed E-state index contributed by atoms with van der Waals surface area (Å²) in [7, 11) is 0. The van der Waals surface area contributed by atoms with Gasteiger partial charge in [0.15, 0.2) is 0 Å². The van der Waals surface area contributed by atoms with Gasteiger partial charge in [-0.3, -0.25) is 4.98 Å². The molecular formula is C13H15BrN2O. The molecule has 3 nitrogen and oxygen atoms in total. The van der Waals surface area contributed by atoms with Crippen LogP contribution in [0.2, 0.25) is 0 Å². The first-order chi connectivity index (χ1) is 8.22. The normalized spacial score (nSPS) is 10.8. The first kappa shape index (κ1) is 12.3. The number of fused-ring (bicyclic) bond motifs is 1. The summed E-state index contributed by atoms with van der Waals surface area (Å²) in [6, 6.07) is 8.08. The molecule has 0 spiro atoms. The number of hydrogen-bond acceptors (Lipinski definition) is 3. The van der Waals surface area contributed by atoms with Crippen LogP contribution in [0, 0.1) is 6.92 Å². The molecule has 1 aromatic heterocycles. The van der Waals surface area contributed by atoms with E-state index in [0.29, 0.717) is 0 Å². The van der Waals surface area contributed by atoms with Crippen molar-refractivity contribution in [2.75, 3.05) is 18.5 Å². The van der Waals surface area contributed by atoms with Gasteiger partial charge < -0.3 is 10.4 Å². The second-order valence-corrected chi connectivity index (χ2v) is 4.81. The number of para-hydroxylation sites is 1. The van der Waals surface area contributed by atoms with Gasteiger partial charge >= 0.3 is 0 Å². The summed E-state index contributed by atoms with van der Waals surface area (Å²) < 4.78 is 1.00.